The summed E-state index contributed by atoms with van der Waals surface area (Å²) in [4.78, 5) is 37.6. The van der Waals surface area contributed by atoms with E-state index >= 15 is 0 Å². The highest BCUT2D eigenvalue weighted by Crippen LogP contribution is 2.82. The lowest BCUT2D eigenvalue weighted by atomic mass is 9.37. The molecule has 2 N–H and O–H groups in total. The van der Waals surface area contributed by atoms with Crippen LogP contribution in [0.4, 0.5) is 0 Å². The van der Waals surface area contributed by atoms with E-state index in [-0.39, 0.29) is 42.7 Å². The number of rotatable bonds is 6. The quantitative estimate of drug-likeness (QED) is 0.332. The summed E-state index contributed by atoms with van der Waals surface area (Å²) >= 11 is 0. The molecule has 4 aliphatic carbocycles. The summed E-state index contributed by atoms with van der Waals surface area (Å²) in [5.41, 5.74) is -2.76. The van der Waals surface area contributed by atoms with Crippen molar-refractivity contribution in [3.8, 4) is 0 Å². The van der Waals surface area contributed by atoms with Gasteiger partial charge in [-0.25, -0.2) is 0 Å². The van der Waals surface area contributed by atoms with E-state index in [4.69, 9.17) is 9.47 Å². The van der Waals surface area contributed by atoms with Gasteiger partial charge in [0.15, 0.2) is 5.78 Å². The number of aliphatic carboxylic acids is 1. The van der Waals surface area contributed by atoms with Crippen LogP contribution in [0.2, 0.25) is 0 Å². The zero-order valence-corrected chi connectivity index (χ0v) is 21.3. The maximum atomic E-state index is 13.7. The van der Waals surface area contributed by atoms with Crippen LogP contribution in [0, 0.1) is 28.1 Å². The molecule has 35 heavy (non-hydrogen) atoms. The minimum Gasteiger partial charge on any atom is -0.481 e. The summed E-state index contributed by atoms with van der Waals surface area (Å²) in [6.45, 7) is 12.2. The zero-order chi connectivity index (χ0) is 25.6. The Labute approximate surface area is 206 Å². The Hall–Kier alpha value is -1.99. The molecule has 0 bridgehead atoms. The van der Waals surface area contributed by atoms with Crippen molar-refractivity contribution in [1.82, 2.24) is 0 Å². The van der Waals surface area contributed by atoms with Crippen LogP contribution in [0.25, 0.3) is 0 Å². The molecule has 5 rings (SSSR count). The number of carboxylic acid groups (broad SMARTS) is 1. The van der Waals surface area contributed by atoms with Gasteiger partial charge >= 0.3 is 11.9 Å². The van der Waals surface area contributed by atoms with Crippen molar-refractivity contribution in [2.75, 3.05) is 0 Å². The standard InChI is InChI=1S/C28H38O7/c1-6-27-19(23(32)34-16(2)3)14-17-13-18(29)7-10-24(17,4)28(27)21(35-28)15-25(5)20(27)8-11-26(25,33)12-9-22(30)31/h6,13,16,19-21,33H,1,7-12,14-15H2,2-5H3,(H,30,31)/t19-,20+,21+,24-,25-,26+,27-,28-/m0/s1. The zero-order valence-electron chi connectivity index (χ0n) is 21.3. The van der Waals surface area contributed by atoms with Crippen LogP contribution in [0.5, 0.6) is 0 Å². The van der Waals surface area contributed by atoms with Crippen LogP contribution in [-0.2, 0) is 23.9 Å². The van der Waals surface area contributed by atoms with Gasteiger partial charge in [-0.05, 0) is 64.4 Å². The molecule has 5 aliphatic rings. The lowest BCUT2D eigenvalue weighted by molar-refractivity contribution is -0.183. The SMILES string of the molecule is C=C[C@@]12[C@H](C(=O)OC(C)C)CC3=CC(=O)CC[C@]3(C)[C@]13O[C@@H]3C[C@@]1(C)[C@H]2CC[C@@]1(O)CCC(=O)O. The monoisotopic (exact) mass is 486 g/mol. The minimum atomic E-state index is -1.17. The Balaban J connectivity index is 1.68. The van der Waals surface area contributed by atoms with E-state index in [0.717, 1.165) is 5.57 Å². The Morgan fingerprint density at radius 2 is 2.03 bits per heavy atom. The smallest absolute Gasteiger partial charge is 0.310 e. The summed E-state index contributed by atoms with van der Waals surface area (Å²) in [5, 5.41) is 21.3. The highest BCUT2D eigenvalue weighted by Gasteiger charge is 2.87. The molecule has 1 heterocycles. The minimum absolute atomic E-state index is 0.0812. The third-order valence-electron chi connectivity index (χ3n) is 10.7. The van der Waals surface area contributed by atoms with Crippen molar-refractivity contribution in [1.29, 1.82) is 0 Å². The number of ether oxygens (including phenoxy) is 2. The average molecular weight is 487 g/mol. The number of ketones is 1. The van der Waals surface area contributed by atoms with E-state index < -0.39 is 39.3 Å². The van der Waals surface area contributed by atoms with Gasteiger partial charge in [0.05, 0.1) is 23.7 Å². The molecule has 192 valence electrons. The van der Waals surface area contributed by atoms with Gasteiger partial charge < -0.3 is 19.7 Å². The number of hydrogen-bond acceptors (Lipinski definition) is 6. The van der Waals surface area contributed by atoms with Crippen molar-refractivity contribution in [2.45, 2.75) is 102 Å². The fraction of sp³-hybridized carbons (Fsp3) is 0.750. The second kappa shape index (κ2) is 7.51. The fourth-order valence-corrected chi connectivity index (χ4v) is 9.09. The van der Waals surface area contributed by atoms with Crippen LogP contribution < -0.4 is 0 Å². The van der Waals surface area contributed by atoms with Crippen LogP contribution in [0.1, 0.15) is 79.1 Å². The topological polar surface area (TPSA) is 113 Å². The van der Waals surface area contributed by atoms with Gasteiger partial charge in [-0.2, -0.15) is 0 Å². The van der Waals surface area contributed by atoms with Crippen molar-refractivity contribution in [3.63, 3.8) is 0 Å². The fourth-order valence-electron chi connectivity index (χ4n) is 9.09. The van der Waals surface area contributed by atoms with Crippen molar-refractivity contribution >= 4 is 17.7 Å². The molecule has 0 unspecified atom stereocenters. The van der Waals surface area contributed by atoms with Gasteiger partial charge in [-0.3, -0.25) is 14.4 Å². The second-order valence-corrected chi connectivity index (χ2v) is 12.3. The number of fused-ring (bicyclic) bond motifs is 3. The van der Waals surface area contributed by atoms with E-state index in [1.807, 2.05) is 26.8 Å². The Morgan fingerprint density at radius 3 is 2.66 bits per heavy atom. The lowest BCUT2D eigenvalue weighted by Crippen LogP contribution is -2.69. The van der Waals surface area contributed by atoms with Crippen LogP contribution >= 0.6 is 0 Å². The van der Waals surface area contributed by atoms with Gasteiger partial charge in [0.1, 0.15) is 5.60 Å². The predicted molar refractivity (Wildman–Crippen MR) is 127 cm³/mol. The van der Waals surface area contributed by atoms with Crippen LogP contribution in [0.15, 0.2) is 24.3 Å². The number of epoxide rings is 1. The van der Waals surface area contributed by atoms with E-state index in [0.29, 0.717) is 38.5 Å². The normalized spacial score (nSPS) is 47.7. The summed E-state index contributed by atoms with van der Waals surface area (Å²) in [7, 11) is 0. The van der Waals surface area contributed by atoms with Gasteiger partial charge in [0.25, 0.3) is 0 Å². The molecule has 1 saturated heterocycles. The van der Waals surface area contributed by atoms with E-state index in [1.54, 1.807) is 6.08 Å². The summed E-state index contributed by atoms with van der Waals surface area (Å²) < 4.78 is 12.5. The third kappa shape index (κ3) is 2.88. The summed E-state index contributed by atoms with van der Waals surface area (Å²) in [6, 6.07) is 0. The third-order valence-corrected chi connectivity index (χ3v) is 10.7. The van der Waals surface area contributed by atoms with Crippen LogP contribution in [-0.4, -0.2) is 51.3 Å². The number of carbonyl (C=O) groups is 3. The molecule has 7 heteroatoms. The lowest BCUT2D eigenvalue weighted by Gasteiger charge is -2.64. The molecular weight excluding hydrogens is 448 g/mol. The van der Waals surface area contributed by atoms with E-state index in [2.05, 4.69) is 13.5 Å². The van der Waals surface area contributed by atoms with Gasteiger partial charge in [0, 0.05) is 29.1 Å². The number of aliphatic hydroxyl groups is 1. The first-order valence-electron chi connectivity index (χ1n) is 13.0. The average Bonchev–Trinajstić information content (AvgIpc) is 3.44. The van der Waals surface area contributed by atoms with Crippen molar-refractivity contribution < 1.29 is 34.1 Å². The van der Waals surface area contributed by atoms with E-state index in [9.17, 15) is 24.6 Å². The molecule has 7 nitrogen and oxygen atoms in total. The largest absolute Gasteiger partial charge is 0.481 e. The first-order chi connectivity index (χ1) is 16.3. The Bertz CT molecular complexity index is 1030. The Kier molecular flexibility index (Phi) is 5.30. The van der Waals surface area contributed by atoms with Gasteiger partial charge in [-0.1, -0.05) is 25.5 Å². The molecule has 0 radical (unpaired) electrons. The van der Waals surface area contributed by atoms with E-state index in [1.165, 1.54) is 0 Å². The summed E-state index contributed by atoms with van der Waals surface area (Å²) in [6.07, 6.45) is 6.39. The predicted octanol–water partition coefficient (Wildman–Crippen LogP) is 3.98. The first kappa shape index (κ1) is 24.7. The number of esters is 1. The highest BCUT2D eigenvalue weighted by molar-refractivity contribution is 5.92. The molecule has 4 fully saturated rings. The molecule has 1 aliphatic heterocycles. The number of hydrogen-bond donors (Lipinski definition) is 2. The van der Waals surface area contributed by atoms with Crippen molar-refractivity contribution in [3.05, 3.63) is 24.3 Å². The van der Waals surface area contributed by atoms with Crippen molar-refractivity contribution in [2.24, 2.45) is 28.1 Å². The molecule has 1 spiro atoms. The molecule has 3 saturated carbocycles. The van der Waals surface area contributed by atoms with Crippen LogP contribution in [0.3, 0.4) is 0 Å². The highest BCUT2D eigenvalue weighted by atomic mass is 16.6. The summed E-state index contributed by atoms with van der Waals surface area (Å²) in [5.74, 6) is -1.89. The maximum Gasteiger partial charge on any atom is 0.310 e. The molecule has 0 amide bonds. The number of carbonyl (C=O) groups excluding carboxylic acids is 2. The second-order valence-electron chi connectivity index (χ2n) is 12.3. The molecule has 0 aromatic heterocycles. The molecule has 0 aromatic rings. The maximum absolute atomic E-state index is 13.7. The van der Waals surface area contributed by atoms with Gasteiger partial charge in [0.2, 0.25) is 0 Å². The van der Waals surface area contributed by atoms with Gasteiger partial charge in [-0.15, -0.1) is 6.58 Å². The molecular formula is C28H38O7. The molecule has 0 aromatic carbocycles. The molecule has 8 atom stereocenters. The first-order valence-corrected chi connectivity index (χ1v) is 13.0. The Morgan fingerprint density at radius 1 is 1.31 bits per heavy atom. The number of carboxylic acids is 1.